The van der Waals surface area contributed by atoms with Crippen LogP contribution in [0.3, 0.4) is 0 Å². The van der Waals surface area contributed by atoms with Crippen LogP contribution < -0.4 is 5.73 Å². The average molecular weight is 287 g/mol. The van der Waals surface area contributed by atoms with E-state index >= 15 is 0 Å². The second kappa shape index (κ2) is 6.91. The molecule has 0 spiro atoms. The molecule has 0 amide bonds. The van der Waals surface area contributed by atoms with Crippen LogP contribution in [0.4, 0.5) is 0 Å². The largest absolute Gasteiger partial charge is 0.466 e. The fraction of sp³-hybridized carbons (Fsp3) is 0.364. The van der Waals surface area contributed by atoms with Gasteiger partial charge in [-0.3, -0.25) is 0 Å². The molecule has 0 aliphatic carbocycles. The average Bonchev–Trinajstić information content (AvgIpc) is 2.99. The molecule has 2 rings (SSSR count). The molecule has 0 aliphatic rings. The number of nitrogens with two attached hydrogens (primary N) is 1. The highest BCUT2D eigenvalue weighted by Crippen LogP contribution is 2.13. The SMILES string of the molecule is COC(=O)c1ccoc1Cn1cc(CCN)nn1.Cl. The van der Waals surface area contributed by atoms with Gasteiger partial charge >= 0.3 is 5.97 Å². The van der Waals surface area contributed by atoms with E-state index in [0.29, 0.717) is 30.8 Å². The third-order valence-electron chi connectivity index (χ3n) is 2.44. The first-order valence-electron chi connectivity index (χ1n) is 5.48. The molecule has 0 bridgehead atoms. The molecule has 19 heavy (non-hydrogen) atoms. The maximum absolute atomic E-state index is 11.4. The number of methoxy groups -OCH3 is 1. The smallest absolute Gasteiger partial charge is 0.341 e. The van der Waals surface area contributed by atoms with Crippen molar-refractivity contribution in [2.75, 3.05) is 13.7 Å². The molecule has 2 aromatic rings. The van der Waals surface area contributed by atoms with Gasteiger partial charge in [-0.15, -0.1) is 17.5 Å². The highest BCUT2D eigenvalue weighted by Gasteiger charge is 2.15. The van der Waals surface area contributed by atoms with Gasteiger partial charge in [-0.1, -0.05) is 5.21 Å². The maximum Gasteiger partial charge on any atom is 0.341 e. The summed E-state index contributed by atoms with van der Waals surface area (Å²) in [6.45, 7) is 0.849. The first-order chi connectivity index (χ1) is 8.74. The van der Waals surface area contributed by atoms with Gasteiger partial charge in [-0.25, -0.2) is 9.48 Å². The lowest BCUT2D eigenvalue weighted by molar-refractivity contribution is 0.0598. The molecule has 2 heterocycles. The van der Waals surface area contributed by atoms with Gasteiger partial charge in [0.15, 0.2) is 0 Å². The van der Waals surface area contributed by atoms with Gasteiger partial charge in [0, 0.05) is 12.6 Å². The summed E-state index contributed by atoms with van der Waals surface area (Å²) in [7, 11) is 1.33. The van der Waals surface area contributed by atoms with Crippen molar-refractivity contribution >= 4 is 18.4 Å². The molecule has 0 aromatic carbocycles. The van der Waals surface area contributed by atoms with Crippen molar-refractivity contribution in [3.05, 3.63) is 35.5 Å². The zero-order valence-electron chi connectivity index (χ0n) is 10.4. The Hall–Kier alpha value is -1.86. The van der Waals surface area contributed by atoms with Crippen LogP contribution in [0.2, 0.25) is 0 Å². The number of carbonyl (C=O) groups excluding carboxylic acids is 1. The molecular formula is C11H15ClN4O3. The maximum atomic E-state index is 11.4. The minimum Gasteiger partial charge on any atom is -0.466 e. The lowest BCUT2D eigenvalue weighted by atomic mass is 10.2. The van der Waals surface area contributed by atoms with Crippen LogP contribution >= 0.6 is 12.4 Å². The Bertz CT molecular complexity index is 538. The van der Waals surface area contributed by atoms with Crippen LogP contribution in [-0.2, 0) is 17.7 Å². The van der Waals surface area contributed by atoms with E-state index in [9.17, 15) is 4.79 Å². The number of carbonyl (C=O) groups is 1. The number of ether oxygens (including phenoxy) is 1. The number of rotatable bonds is 5. The lowest BCUT2D eigenvalue weighted by Crippen LogP contribution is -2.07. The summed E-state index contributed by atoms with van der Waals surface area (Å²) in [5.41, 5.74) is 6.64. The van der Waals surface area contributed by atoms with Crippen molar-refractivity contribution in [1.29, 1.82) is 0 Å². The fourth-order valence-corrected chi connectivity index (χ4v) is 1.58. The molecule has 7 nitrogen and oxygen atoms in total. The normalized spacial score (nSPS) is 10.0. The highest BCUT2D eigenvalue weighted by molar-refractivity contribution is 5.90. The van der Waals surface area contributed by atoms with E-state index < -0.39 is 5.97 Å². The first-order valence-corrected chi connectivity index (χ1v) is 5.48. The summed E-state index contributed by atoms with van der Waals surface area (Å²) in [6, 6.07) is 1.57. The molecule has 0 aliphatic heterocycles. The molecule has 0 saturated heterocycles. The second-order valence-corrected chi connectivity index (χ2v) is 3.70. The predicted octanol–water partition coefficient (Wildman–Crippen LogP) is 0.629. The minimum absolute atomic E-state index is 0. The molecule has 0 unspecified atom stereocenters. The minimum atomic E-state index is -0.430. The topological polar surface area (TPSA) is 96.2 Å². The number of halogens is 1. The van der Waals surface area contributed by atoms with Crippen LogP contribution in [0.25, 0.3) is 0 Å². The number of esters is 1. The highest BCUT2D eigenvalue weighted by atomic mass is 35.5. The van der Waals surface area contributed by atoms with Gasteiger partial charge in [0.25, 0.3) is 0 Å². The van der Waals surface area contributed by atoms with E-state index in [0.717, 1.165) is 5.69 Å². The summed E-state index contributed by atoms with van der Waals surface area (Å²) < 4.78 is 11.5. The van der Waals surface area contributed by atoms with Gasteiger partial charge in [0.2, 0.25) is 0 Å². The van der Waals surface area contributed by atoms with Crippen LogP contribution in [-0.4, -0.2) is 34.6 Å². The number of hydrogen-bond donors (Lipinski definition) is 1. The molecule has 104 valence electrons. The van der Waals surface area contributed by atoms with Gasteiger partial charge in [0.05, 0.1) is 19.1 Å². The van der Waals surface area contributed by atoms with Crippen LogP contribution in [0, 0.1) is 0 Å². The van der Waals surface area contributed by atoms with Crippen molar-refractivity contribution in [2.24, 2.45) is 5.73 Å². The molecule has 0 radical (unpaired) electrons. The molecular weight excluding hydrogens is 272 g/mol. The van der Waals surface area contributed by atoms with E-state index in [1.165, 1.54) is 13.4 Å². The second-order valence-electron chi connectivity index (χ2n) is 3.70. The van der Waals surface area contributed by atoms with E-state index in [-0.39, 0.29) is 12.4 Å². The predicted molar refractivity (Wildman–Crippen MR) is 69.2 cm³/mol. The fourth-order valence-electron chi connectivity index (χ4n) is 1.58. The lowest BCUT2D eigenvalue weighted by Gasteiger charge is -2.00. The first kappa shape index (κ1) is 15.2. The van der Waals surface area contributed by atoms with Gasteiger partial charge < -0.3 is 14.9 Å². The van der Waals surface area contributed by atoms with Gasteiger partial charge in [-0.2, -0.15) is 0 Å². The summed E-state index contributed by atoms with van der Waals surface area (Å²) >= 11 is 0. The summed E-state index contributed by atoms with van der Waals surface area (Å²) in [5, 5.41) is 7.89. The summed E-state index contributed by atoms with van der Waals surface area (Å²) in [4.78, 5) is 11.4. The van der Waals surface area contributed by atoms with Crippen LogP contribution in [0.1, 0.15) is 21.8 Å². The standard InChI is InChI=1S/C11H14N4O3.ClH/c1-17-11(16)9-3-5-18-10(9)7-15-6-8(2-4-12)13-14-15;/h3,5-6H,2,4,7,12H2,1H3;1H. The van der Waals surface area contributed by atoms with E-state index in [1.807, 2.05) is 0 Å². The Morgan fingerprint density at radius 3 is 3.05 bits per heavy atom. The number of nitrogens with zero attached hydrogens (tertiary/aromatic N) is 3. The van der Waals surface area contributed by atoms with E-state index in [1.54, 1.807) is 16.9 Å². The molecule has 2 aromatic heterocycles. The van der Waals surface area contributed by atoms with Crippen molar-refractivity contribution in [2.45, 2.75) is 13.0 Å². The molecule has 0 atom stereocenters. The summed E-state index contributed by atoms with van der Waals surface area (Å²) in [6.07, 6.45) is 3.89. The van der Waals surface area contributed by atoms with Crippen molar-refractivity contribution in [3.8, 4) is 0 Å². The third-order valence-corrected chi connectivity index (χ3v) is 2.44. The number of aromatic nitrogens is 3. The molecule has 8 heteroatoms. The number of hydrogen-bond acceptors (Lipinski definition) is 6. The molecule has 0 fully saturated rings. The zero-order chi connectivity index (χ0) is 13.0. The zero-order valence-corrected chi connectivity index (χ0v) is 11.2. The number of furan rings is 1. The quantitative estimate of drug-likeness (QED) is 0.810. The Balaban J connectivity index is 0.00000180. The van der Waals surface area contributed by atoms with E-state index in [2.05, 4.69) is 15.0 Å². The summed E-state index contributed by atoms with van der Waals surface area (Å²) in [5.74, 6) is 0.0621. The Morgan fingerprint density at radius 1 is 1.58 bits per heavy atom. The Kier molecular flexibility index (Phi) is 5.53. The van der Waals surface area contributed by atoms with Crippen molar-refractivity contribution in [1.82, 2.24) is 15.0 Å². The van der Waals surface area contributed by atoms with Gasteiger partial charge in [0.1, 0.15) is 17.9 Å². The van der Waals surface area contributed by atoms with E-state index in [4.69, 9.17) is 10.2 Å². The Morgan fingerprint density at radius 2 is 2.37 bits per heavy atom. The van der Waals surface area contributed by atoms with Gasteiger partial charge in [-0.05, 0) is 12.6 Å². The molecule has 0 saturated carbocycles. The monoisotopic (exact) mass is 286 g/mol. The van der Waals surface area contributed by atoms with Crippen molar-refractivity contribution in [3.63, 3.8) is 0 Å². The Labute approximate surface area is 116 Å². The molecule has 2 N–H and O–H groups in total. The van der Waals surface area contributed by atoms with Crippen molar-refractivity contribution < 1.29 is 13.9 Å². The third kappa shape index (κ3) is 3.55. The van der Waals surface area contributed by atoms with Crippen LogP contribution in [0.15, 0.2) is 22.9 Å². The van der Waals surface area contributed by atoms with Crippen LogP contribution in [0.5, 0.6) is 0 Å².